The van der Waals surface area contributed by atoms with Gasteiger partial charge in [-0.3, -0.25) is 20.0 Å². The van der Waals surface area contributed by atoms with E-state index in [0.717, 1.165) is 16.5 Å². The lowest BCUT2D eigenvalue weighted by atomic mass is 10.1. The Kier molecular flexibility index (Phi) is 7.31. The number of nitrogen functional groups attached to an aromatic ring is 1. The molecule has 0 radical (unpaired) electrons. The summed E-state index contributed by atoms with van der Waals surface area (Å²) in [5.74, 6) is 6.62. The minimum absolute atomic E-state index is 0.0407. The number of hydrogen-bond acceptors (Lipinski definition) is 8. The second-order valence-electron chi connectivity index (χ2n) is 9.49. The standard InChI is InChI=1S/C26H29N7O3/c1-26(2,3)36-25(35)31-21-8-9-28-14-19(21)5-4-10-32-11-12-33(23(34)16-32)15-18-6-7-20-22(13-18)29-17-30-24(20)27/h6-9,13-14,17H,10-12,15-16H2,1-3H3,(H2,27,29,30)(H,28,31,35). The molecule has 3 N–H and O–H groups in total. The number of nitrogens with zero attached hydrogens (tertiary/aromatic N) is 5. The number of amides is 2. The Balaban J connectivity index is 1.33. The van der Waals surface area contributed by atoms with Gasteiger partial charge in [0.05, 0.1) is 29.9 Å². The average Bonchev–Trinajstić information content (AvgIpc) is 2.81. The molecule has 1 fully saturated rings. The van der Waals surface area contributed by atoms with Crippen LogP contribution in [0.5, 0.6) is 0 Å². The normalized spacial score (nSPS) is 14.3. The fourth-order valence-electron chi connectivity index (χ4n) is 3.76. The first-order chi connectivity index (χ1) is 17.2. The predicted octanol–water partition coefficient (Wildman–Crippen LogP) is 2.65. The van der Waals surface area contributed by atoms with Crippen molar-refractivity contribution in [2.24, 2.45) is 0 Å². The van der Waals surface area contributed by atoms with Gasteiger partial charge >= 0.3 is 6.09 Å². The molecule has 3 aromatic rings. The van der Waals surface area contributed by atoms with Crippen LogP contribution >= 0.6 is 0 Å². The van der Waals surface area contributed by atoms with Crippen molar-refractivity contribution in [3.63, 3.8) is 0 Å². The van der Waals surface area contributed by atoms with Gasteiger partial charge in [-0.1, -0.05) is 17.9 Å². The van der Waals surface area contributed by atoms with Crippen LogP contribution in [-0.4, -0.2) is 68.5 Å². The summed E-state index contributed by atoms with van der Waals surface area (Å²) in [5.41, 5.74) is 8.15. The summed E-state index contributed by atoms with van der Waals surface area (Å²) in [6, 6.07) is 7.45. The summed E-state index contributed by atoms with van der Waals surface area (Å²) in [6.07, 6.45) is 4.05. The van der Waals surface area contributed by atoms with E-state index < -0.39 is 11.7 Å². The highest BCUT2D eigenvalue weighted by Crippen LogP contribution is 2.20. The Morgan fingerprint density at radius 3 is 2.83 bits per heavy atom. The van der Waals surface area contributed by atoms with Crippen molar-refractivity contribution >= 4 is 34.4 Å². The molecule has 36 heavy (non-hydrogen) atoms. The van der Waals surface area contributed by atoms with Gasteiger partial charge in [-0.25, -0.2) is 14.8 Å². The minimum atomic E-state index is -0.603. The average molecular weight is 488 g/mol. The largest absolute Gasteiger partial charge is 0.444 e. The van der Waals surface area contributed by atoms with E-state index in [1.165, 1.54) is 6.33 Å². The van der Waals surface area contributed by atoms with Crippen LogP contribution in [0.15, 0.2) is 43.0 Å². The van der Waals surface area contributed by atoms with Gasteiger partial charge in [0, 0.05) is 37.4 Å². The Hall–Kier alpha value is -4.23. The van der Waals surface area contributed by atoms with Crippen molar-refractivity contribution in [3.8, 4) is 11.8 Å². The first-order valence-electron chi connectivity index (χ1n) is 11.6. The number of nitrogens with one attached hydrogen (secondary N) is 1. The van der Waals surface area contributed by atoms with E-state index in [1.807, 2.05) is 28.0 Å². The number of carbonyl (C=O) groups excluding carboxylic acids is 2. The molecule has 10 nitrogen and oxygen atoms in total. The third-order valence-corrected chi connectivity index (χ3v) is 5.49. The number of carbonyl (C=O) groups is 2. The number of anilines is 2. The second-order valence-corrected chi connectivity index (χ2v) is 9.49. The van der Waals surface area contributed by atoms with Crippen molar-refractivity contribution in [2.45, 2.75) is 32.9 Å². The number of aromatic nitrogens is 3. The van der Waals surface area contributed by atoms with Gasteiger partial charge in [-0.05, 0) is 44.5 Å². The molecule has 0 unspecified atom stereocenters. The summed E-state index contributed by atoms with van der Waals surface area (Å²) in [7, 11) is 0. The third kappa shape index (κ3) is 6.46. The molecule has 10 heteroatoms. The first kappa shape index (κ1) is 24.9. The zero-order chi connectivity index (χ0) is 25.7. The fourth-order valence-corrected chi connectivity index (χ4v) is 3.76. The number of ether oxygens (including phenoxy) is 1. The van der Waals surface area contributed by atoms with Gasteiger partial charge in [0.15, 0.2) is 0 Å². The molecular formula is C26H29N7O3. The molecule has 4 rings (SSSR count). The van der Waals surface area contributed by atoms with Crippen LogP contribution < -0.4 is 11.1 Å². The fraction of sp³-hybridized carbons (Fsp3) is 0.346. The second kappa shape index (κ2) is 10.6. The van der Waals surface area contributed by atoms with Gasteiger partial charge in [0.1, 0.15) is 17.7 Å². The summed E-state index contributed by atoms with van der Waals surface area (Å²) in [4.78, 5) is 41.1. The smallest absolute Gasteiger partial charge is 0.412 e. The molecule has 1 aliphatic heterocycles. The predicted molar refractivity (Wildman–Crippen MR) is 137 cm³/mol. The number of nitrogens with two attached hydrogens (primary N) is 1. The lowest BCUT2D eigenvalue weighted by molar-refractivity contribution is -0.136. The minimum Gasteiger partial charge on any atom is -0.444 e. The van der Waals surface area contributed by atoms with Gasteiger partial charge < -0.3 is 15.4 Å². The Morgan fingerprint density at radius 1 is 1.22 bits per heavy atom. The molecule has 0 spiro atoms. The van der Waals surface area contributed by atoms with Crippen LogP contribution in [0.1, 0.15) is 31.9 Å². The van der Waals surface area contributed by atoms with Crippen molar-refractivity contribution in [3.05, 3.63) is 54.1 Å². The third-order valence-electron chi connectivity index (χ3n) is 5.49. The molecule has 1 aliphatic rings. The van der Waals surface area contributed by atoms with Crippen LogP contribution in [0, 0.1) is 11.8 Å². The first-order valence-corrected chi connectivity index (χ1v) is 11.6. The van der Waals surface area contributed by atoms with E-state index in [2.05, 4.69) is 32.1 Å². The van der Waals surface area contributed by atoms with E-state index >= 15 is 0 Å². The summed E-state index contributed by atoms with van der Waals surface area (Å²) in [6.45, 7) is 7.92. The van der Waals surface area contributed by atoms with E-state index in [9.17, 15) is 9.59 Å². The van der Waals surface area contributed by atoms with Crippen LogP contribution in [-0.2, 0) is 16.1 Å². The van der Waals surface area contributed by atoms with E-state index in [1.54, 1.807) is 39.2 Å². The zero-order valence-electron chi connectivity index (χ0n) is 20.6. The Labute approximate surface area is 209 Å². The monoisotopic (exact) mass is 487 g/mol. The molecule has 2 amide bonds. The lowest BCUT2D eigenvalue weighted by Gasteiger charge is -2.33. The molecule has 1 aromatic carbocycles. The lowest BCUT2D eigenvalue weighted by Crippen LogP contribution is -2.49. The summed E-state index contributed by atoms with van der Waals surface area (Å²) < 4.78 is 5.31. The summed E-state index contributed by atoms with van der Waals surface area (Å²) >= 11 is 0. The quantitative estimate of drug-likeness (QED) is 0.538. The van der Waals surface area contributed by atoms with Crippen LogP contribution in [0.4, 0.5) is 16.3 Å². The zero-order valence-corrected chi connectivity index (χ0v) is 20.6. The van der Waals surface area contributed by atoms with Gasteiger partial charge in [0.25, 0.3) is 0 Å². The molecule has 1 saturated heterocycles. The maximum absolute atomic E-state index is 12.8. The van der Waals surface area contributed by atoms with Crippen molar-refractivity contribution < 1.29 is 14.3 Å². The van der Waals surface area contributed by atoms with Crippen molar-refractivity contribution in [1.82, 2.24) is 24.8 Å². The van der Waals surface area contributed by atoms with Crippen LogP contribution in [0.25, 0.3) is 10.9 Å². The number of piperazine rings is 1. The number of rotatable bonds is 4. The Bertz CT molecular complexity index is 1340. The van der Waals surface area contributed by atoms with Crippen molar-refractivity contribution in [2.75, 3.05) is 37.2 Å². The maximum atomic E-state index is 12.8. The number of fused-ring (bicyclic) bond motifs is 1. The van der Waals surface area contributed by atoms with Crippen LogP contribution in [0.3, 0.4) is 0 Å². The maximum Gasteiger partial charge on any atom is 0.412 e. The van der Waals surface area contributed by atoms with Gasteiger partial charge in [-0.15, -0.1) is 0 Å². The van der Waals surface area contributed by atoms with E-state index in [0.29, 0.717) is 43.2 Å². The highest BCUT2D eigenvalue weighted by molar-refractivity contribution is 5.88. The number of pyridine rings is 1. The Morgan fingerprint density at radius 2 is 2.06 bits per heavy atom. The van der Waals surface area contributed by atoms with Crippen LogP contribution in [0.2, 0.25) is 0 Å². The molecule has 0 saturated carbocycles. The number of hydrogen-bond donors (Lipinski definition) is 2. The highest BCUT2D eigenvalue weighted by Gasteiger charge is 2.23. The van der Waals surface area contributed by atoms with Crippen molar-refractivity contribution in [1.29, 1.82) is 0 Å². The molecule has 3 heterocycles. The molecule has 2 aromatic heterocycles. The molecule has 186 valence electrons. The molecule has 0 aliphatic carbocycles. The van der Waals surface area contributed by atoms with E-state index in [-0.39, 0.29) is 12.5 Å². The SMILES string of the molecule is CC(C)(C)OC(=O)Nc1ccncc1C#CCN1CCN(Cc2ccc3c(N)ncnc3c2)C(=O)C1. The number of benzene rings is 1. The van der Waals surface area contributed by atoms with Gasteiger partial charge in [0.2, 0.25) is 5.91 Å². The molecular weight excluding hydrogens is 458 g/mol. The topological polar surface area (TPSA) is 127 Å². The van der Waals surface area contributed by atoms with E-state index in [4.69, 9.17) is 10.5 Å². The summed E-state index contributed by atoms with van der Waals surface area (Å²) in [5, 5.41) is 3.51. The molecule has 0 bridgehead atoms. The highest BCUT2D eigenvalue weighted by atomic mass is 16.6. The van der Waals surface area contributed by atoms with Gasteiger partial charge in [-0.2, -0.15) is 0 Å². The molecule has 0 atom stereocenters.